The van der Waals surface area contributed by atoms with Gasteiger partial charge in [0.1, 0.15) is 0 Å². The zero-order chi connectivity index (χ0) is 13.0. The number of benzene rings is 1. The molecule has 0 N–H and O–H groups in total. The summed E-state index contributed by atoms with van der Waals surface area (Å²) in [6, 6.07) is 9.48. The van der Waals surface area contributed by atoms with Gasteiger partial charge in [-0.2, -0.15) is 0 Å². The molecule has 1 aromatic carbocycles. The molecular formula is C15H17NO2. The molecule has 0 radical (unpaired) electrons. The van der Waals surface area contributed by atoms with E-state index in [0.29, 0.717) is 6.61 Å². The fourth-order valence-corrected chi connectivity index (χ4v) is 2.01. The quantitative estimate of drug-likeness (QED) is 0.757. The first-order valence-corrected chi connectivity index (χ1v) is 6.11. The second kappa shape index (κ2) is 5.74. The summed E-state index contributed by atoms with van der Waals surface area (Å²) in [5.41, 5.74) is 1.62. The molecule has 2 rings (SSSR count). The van der Waals surface area contributed by atoms with Crippen molar-refractivity contribution in [1.82, 2.24) is 4.98 Å². The van der Waals surface area contributed by atoms with Crippen LogP contribution in [0.4, 0.5) is 0 Å². The molecule has 1 unspecified atom stereocenters. The third-order valence-corrected chi connectivity index (χ3v) is 3.11. The topological polar surface area (TPSA) is 39.2 Å². The smallest absolute Gasteiger partial charge is 0.166 e. The molecule has 1 heterocycles. The van der Waals surface area contributed by atoms with Gasteiger partial charge in [0, 0.05) is 36.8 Å². The Morgan fingerprint density at radius 1 is 1.33 bits per heavy atom. The summed E-state index contributed by atoms with van der Waals surface area (Å²) < 4.78 is 5.02. The molecule has 94 valence electrons. The number of aromatic nitrogens is 1. The fraction of sp³-hybridized carbons (Fsp3) is 0.333. The van der Waals surface area contributed by atoms with Gasteiger partial charge in [0.25, 0.3) is 0 Å². The highest BCUT2D eigenvalue weighted by Crippen LogP contribution is 2.20. The lowest BCUT2D eigenvalue weighted by molar-refractivity contribution is 0.0895. The van der Waals surface area contributed by atoms with Gasteiger partial charge in [-0.1, -0.05) is 25.1 Å². The van der Waals surface area contributed by atoms with Crippen LogP contribution < -0.4 is 0 Å². The van der Waals surface area contributed by atoms with E-state index in [1.165, 1.54) is 0 Å². The first-order valence-electron chi connectivity index (χ1n) is 6.11. The summed E-state index contributed by atoms with van der Waals surface area (Å²) in [5.74, 6) is 0.126. The fourth-order valence-electron chi connectivity index (χ4n) is 2.01. The van der Waals surface area contributed by atoms with E-state index >= 15 is 0 Å². The SMILES string of the molecule is COCCC(C)C(=O)c1cccc2ncccc12. The molecule has 0 saturated carbocycles. The highest BCUT2D eigenvalue weighted by molar-refractivity contribution is 6.08. The number of Topliss-reactive ketones (excluding diaryl/α,β-unsaturated/α-hetero) is 1. The second-order valence-electron chi connectivity index (χ2n) is 4.42. The first-order chi connectivity index (χ1) is 8.74. The summed E-state index contributed by atoms with van der Waals surface area (Å²) in [6.45, 7) is 2.55. The second-order valence-corrected chi connectivity index (χ2v) is 4.42. The number of carbonyl (C=O) groups excluding carboxylic acids is 1. The summed E-state index contributed by atoms with van der Waals surface area (Å²) in [7, 11) is 1.65. The Bertz CT molecular complexity index is 546. The lowest BCUT2D eigenvalue weighted by Crippen LogP contribution is -2.13. The maximum Gasteiger partial charge on any atom is 0.166 e. The van der Waals surface area contributed by atoms with Gasteiger partial charge in [-0.25, -0.2) is 0 Å². The van der Waals surface area contributed by atoms with E-state index in [1.54, 1.807) is 13.3 Å². The van der Waals surface area contributed by atoms with Crippen molar-refractivity contribution in [3.63, 3.8) is 0 Å². The van der Waals surface area contributed by atoms with E-state index in [4.69, 9.17) is 4.74 Å². The third kappa shape index (κ3) is 2.57. The Hall–Kier alpha value is -1.74. The van der Waals surface area contributed by atoms with Crippen molar-refractivity contribution in [2.24, 2.45) is 5.92 Å². The van der Waals surface area contributed by atoms with Crippen molar-refractivity contribution in [3.8, 4) is 0 Å². The molecule has 1 atom stereocenters. The minimum absolute atomic E-state index is 0.0317. The van der Waals surface area contributed by atoms with Crippen LogP contribution in [0.2, 0.25) is 0 Å². The van der Waals surface area contributed by atoms with Gasteiger partial charge in [0.05, 0.1) is 5.52 Å². The molecule has 0 saturated heterocycles. The van der Waals surface area contributed by atoms with Gasteiger partial charge < -0.3 is 4.74 Å². The van der Waals surface area contributed by atoms with Crippen molar-refractivity contribution in [3.05, 3.63) is 42.1 Å². The molecular weight excluding hydrogens is 226 g/mol. The zero-order valence-electron chi connectivity index (χ0n) is 10.7. The van der Waals surface area contributed by atoms with Crippen molar-refractivity contribution in [2.75, 3.05) is 13.7 Å². The van der Waals surface area contributed by atoms with Crippen LogP contribution in [-0.2, 0) is 4.74 Å². The molecule has 0 aliphatic heterocycles. The third-order valence-electron chi connectivity index (χ3n) is 3.11. The number of hydrogen-bond donors (Lipinski definition) is 0. The molecule has 0 spiro atoms. The monoisotopic (exact) mass is 243 g/mol. The number of ether oxygens (including phenoxy) is 1. The van der Waals surface area contributed by atoms with Gasteiger partial charge in [-0.15, -0.1) is 0 Å². The maximum atomic E-state index is 12.4. The van der Waals surface area contributed by atoms with Crippen molar-refractivity contribution < 1.29 is 9.53 Å². The van der Waals surface area contributed by atoms with E-state index in [0.717, 1.165) is 22.9 Å². The number of pyridine rings is 1. The molecule has 0 aliphatic carbocycles. The van der Waals surface area contributed by atoms with Crippen LogP contribution in [0, 0.1) is 5.92 Å². The Kier molecular flexibility index (Phi) is 4.05. The Labute approximate surface area is 107 Å². The normalized spacial score (nSPS) is 12.6. The lowest BCUT2D eigenvalue weighted by atomic mass is 9.94. The number of nitrogens with zero attached hydrogens (tertiary/aromatic N) is 1. The van der Waals surface area contributed by atoms with Crippen molar-refractivity contribution in [2.45, 2.75) is 13.3 Å². The number of rotatable bonds is 5. The minimum Gasteiger partial charge on any atom is -0.385 e. The number of carbonyl (C=O) groups is 1. The standard InChI is InChI=1S/C15H17NO2/c1-11(8-10-18-2)15(17)13-5-3-7-14-12(13)6-4-9-16-14/h3-7,9,11H,8,10H2,1-2H3. The predicted octanol–water partition coefficient (Wildman–Crippen LogP) is 3.09. The molecule has 1 aromatic heterocycles. The van der Waals surface area contributed by atoms with Crippen LogP contribution >= 0.6 is 0 Å². The zero-order valence-corrected chi connectivity index (χ0v) is 10.7. The van der Waals surface area contributed by atoms with Gasteiger partial charge in [0.2, 0.25) is 0 Å². The predicted molar refractivity (Wildman–Crippen MR) is 71.7 cm³/mol. The van der Waals surface area contributed by atoms with Crippen molar-refractivity contribution in [1.29, 1.82) is 0 Å². The largest absolute Gasteiger partial charge is 0.385 e. The molecule has 0 aliphatic rings. The number of ketones is 1. The minimum atomic E-state index is -0.0317. The highest BCUT2D eigenvalue weighted by Gasteiger charge is 2.17. The van der Waals surface area contributed by atoms with Crippen LogP contribution in [0.3, 0.4) is 0 Å². The average Bonchev–Trinajstić information content (AvgIpc) is 2.43. The average molecular weight is 243 g/mol. The summed E-state index contributed by atoms with van der Waals surface area (Å²) in [4.78, 5) is 16.7. The highest BCUT2D eigenvalue weighted by atomic mass is 16.5. The van der Waals surface area contributed by atoms with Gasteiger partial charge in [-0.05, 0) is 18.6 Å². The molecule has 2 aromatic rings. The van der Waals surface area contributed by atoms with Gasteiger partial charge >= 0.3 is 0 Å². The molecule has 3 heteroatoms. The summed E-state index contributed by atoms with van der Waals surface area (Å²) in [5, 5.41) is 0.925. The van der Waals surface area contributed by atoms with Crippen molar-refractivity contribution >= 4 is 16.7 Å². The summed E-state index contributed by atoms with van der Waals surface area (Å²) in [6.07, 6.45) is 2.48. The molecule has 0 fully saturated rings. The Balaban J connectivity index is 2.33. The summed E-state index contributed by atoms with van der Waals surface area (Å²) >= 11 is 0. The van der Waals surface area contributed by atoms with Crippen LogP contribution in [-0.4, -0.2) is 24.5 Å². The van der Waals surface area contributed by atoms with E-state index in [1.807, 2.05) is 37.3 Å². The van der Waals surface area contributed by atoms with E-state index in [2.05, 4.69) is 4.98 Å². The number of hydrogen-bond acceptors (Lipinski definition) is 3. The number of methoxy groups -OCH3 is 1. The molecule has 3 nitrogen and oxygen atoms in total. The van der Waals surface area contributed by atoms with Crippen LogP contribution in [0.1, 0.15) is 23.7 Å². The Morgan fingerprint density at radius 3 is 2.94 bits per heavy atom. The van der Waals surface area contributed by atoms with E-state index in [-0.39, 0.29) is 11.7 Å². The van der Waals surface area contributed by atoms with E-state index in [9.17, 15) is 4.79 Å². The van der Waals surface area contributed by atoms with E-state index < -0.39 is 0 Å². The maximum absolute atomic E-state index is 12.4. The van der Waals surface area contributed by atoms with Crippen LogP contribution in [0.15, 0.2) is 36.5 Å². The van der Waals surface area contributed by atoms with Crippen LogP contribution in [0.5, 0.6) is 0 Å². The molecule has 0 amide bonds. The number of fused-ring (bicyclic) bond motifs is 1. The first kappa shape index (κ1) is 12.7. The van der Waals surface area contributed by atoms with Gasteiger partial charge in [0.15, 0.2) is 5.78 Å². The van der Waals surface area contributed by atoms with Crippen LogP contribution in [0.25, 0.3) is 10.9 Å². The molecule has 18 heavy (non-hydrogen) atoms. The van der Waals surface area contributed by atoms with Gasteiger partial charge in [-0.3, -0.25) is 9.78 Å². The lowest BCUT2D eigenvalue weighted by Gasteiger charge is -2.11. The Morgan fingerprint density at radius 2 is 2.17 bits per heavy atom. The molecule has 0 bridgehead atoms.